The summed E-state index contributed by atoms with van der Waals surface area (Å²) >= 11 is 0. The molecule has 1 aromatic rings. The first-order valence-corrected chi connectivity index (χ1v) is 4.60. The van der Waals surface area contributed by atoms with E-state index in [1.165, 1.54) is 0 Å². The smallest absolute Gasteiger partial charge is 0.115 e. The summed E-state index contributed by atoms with van der Waals surface area (Å²) in [6, 6.07) is 0.528. The highest BCUT2D eigenvalue weighted by molar-refractivity contribution is 5.43. The van der Waals surface area contributed by atoms with Crippen LogP contribution in [0.3, 0.4) is 0 Å². The lowest BCUT2D eigenvalue weighted by Gasteiger charge is -2.35. The predicted molar refractivity (Wildman–Crippen MR) is 51.7 cm³/mol. The number of hydrogen-bond donors (Lipinski definition) is 1. The molecule has 4 heteroatoms. The Labute approximate surface area is 78.0 Å². The molecule has 1 aromatic heterocycles. The van der Waals surface area contributed by atoms with Gasteiger partial charge in [0.2, 0.25) is 0 Å². The molecule has 1 saturated heterocycles. The molecule has 1 atom stereocenters. The van der Waals surface area contributed by atoms with Crippen molar-refractivity contribution in [2.45, 2.75) is 13.0 Å². The van der Waals surface area contributed by atoms with E-state index < -0.39 is 0 Å². The Balaban J connectivity index is 2.15. The Kier molecular flexibility index (Phi) is 2.40. The molecule has 0 aliphatic carbocycles. The number of nitrogens with zero attached hydrogens (tertiary/aromatic N) is 3. The van der Waals surface area contributed by atoms with E-state index in [9.17, 15) is 0 Å². The number of nitrogens with one attached hydrogen (secondary N) is 1. The van der Waals surface area contributed by atoms with Gasteiger partial charge in [0.25, 0.3) is 0 Å². The molecule has 1 fully saturated rings. The van der Waals surface area contributed by atoms with Gasteiger partial charge in [-0.1, -0.05) is 0 Å². The fourth-order valence-electron chi connectivity index (χ4n) is 1.66. The maximum Gasteiger partial charge on any atom is 0.115 e. The van der Waals surface area contributed by atoms with Crippen LogP contribution in [0, 0.1) is 0 Å². The van der Waals surface area contributed by atoms with Crippen LogP contribution < -0.4 is 10.2 Å². The van der Waals surface area contributed by atoms with E-state index >= 15 is 0 Å². The van der Waals surface area contributed by atoms with E-state index in [1.54, 1.807) is 6.33 Å². The SMILES string of the molecule is CC1CNCCN1c1cncnc1. The lowest BCUT2D eigenvalue weighted by molar-refractivity contribution is 0.500. The van der Waals surface area contributed by atoms with Crippen molar-refractivity contribution in [2.75, 3.05) is 24.5 Å². The average Bonchev–Trinajstić information content (AvgIpc) is 2.20. The van der Waals surface area contributed by atoms with Gasteiger partial charge in [-0.15, -0.1) is 0 Å². The minimum atomic E-state index is 0.528. The zero-order chi connectivity index (χ0) is 9.10. The summed E-state index contributed by atoms with van der Waals surface area (Å²) in [6.07, 6.45) is 5.31. The Morgan fingerprint density at radius 3 is 2.92 bits per heavy atom. The molecule has 70 valence electrons. The molecule has 0 aromatic carbocycles. The van der Waals surface area contributed by atoms with Crippen molar-refractivity contribution in [3.8, 4) is 0 Å². The largest absolute Gasteiger partial charge is 0.364 e. The lowest BCUT2D eigenvalue weighted by Crippen LogP contribution is -2.50. The third-order valence-electron chi connectivity index (χ3n) is 2.38. The average molecular weight is 178 g/mol. The monoisotopic (exact) mass is 178 g/mol. The third-order valence-corrected chi connectivity index (χ3v) is 2.38. The van der Waals surface area contributed by atoms with E-state index in [-0.39, 0.29) is 0 Å². The molecule has 4 nitrogen and oxygen atoms in total. The molecule has 1 unspecified atom stereocenters. The number of aromatic nitrogens is 2. The van der Waals surface area contributed by atoms with Gasteiger partial charge in [-0.2, -0.15) is 0 Å². The van der Waals surface area contributed by atoms with Gasteiger partial charge < -0.3 is 10.2 Å². The minimum Gasteiger partial charge on any atom is -0.364 e. The lowest BCUT2D eigenvalue weighted by atomic mass is 10.2. The summed E-state index contributed by atoms with van der Waals surface area (Å²) < 4.78 is 0. The van der Waals surface area contributed by atoms with Crippen LogP contribution >= 0.6 is 0 Å². The maximum atomic E-state index is 4.02. The predicted octanol–water partition coefficient (Wildman–Crippen LogP) is 0.275. The van der Waals surface area contributed by atoms with Gasteiger partial charge in [-0.25, -0.2) is 9.97 Å². The van der Waals surface area contributed by atoms with E-state index in [4.69, 9.17) is 0 Å². The summed E-state index contributed by atoms with van der Waals surface area (Å²) in [5.74, 6) is 0. The summed E-state index contributed by atoms with van der Waals surface area (Å²) in [5.41, 5.74) is 1.12. The van der Waals surface area contributed by atoms with Gasteiger partial charge in [0.05, 0.1) is 18.1 Å². The molecule has 2 rings (SSSR count). The second kappa shape index (κ2) is 3.70. The first-order chi connectivity index (χ1) is 6.38. The third kappa shape index (κ3) is 1.78. The summed E-state index contributed by atoms with van der Waals surface area (Å²) in [5, 5.41) is 3.35. The molecule has 1 N–H and O–H groups in total. The zero-order valence-corrected chi connectivity index (χ0v) is 7.77. The minimum absolute atomic E-state index is 0.528. The number of rotatable bonds is 1. The molecule has 0 amide bonds. The fourth-order valence-corrected chi connectivity index (χ4v) is 1.66. The normalized spacial score (nSPS) is 23.2. The molecular weight excluding hydrogens is 164 g/mol. The van der Waals surface area contributed by atoms with Crippen molar-refractivity contribution in [1.29, 1.82) is 0 Å². The van der Waals surface area contributed by atoms with Crippen LogP contribution in [0.2, 0.25) is 0 Å². The second-order valence-corrected chi connectivity index (χ2v) is 3.34. The quantitative estimate of drug-likeness (QED) is 0.670. The van der Waals surface area contributed by atoms with Crippen LogP contribution in [0.4, 0.5) is 5.69 Å². The van der Waals surface area contributed by atoms with Gasteiger partial charge in [0.1, 0.15) is 6.33 Å². The van der Waals surface area contributed by atoms with Crippen LogP contribution in [0.5, 0.6) is 0 Å². The van der Waals surface area contributed by atoms with Gasteiger partial charge in [0.15, 0.2) is 0 Å². The van der Waals surface area contributed by atoms with Gasteiger partial charge >= 0.3 is 0 Å². The van der Waals surface area contributed by atoms with Crippen molar-refractivity contribution in [3.05, 3.63) is 18.7 Å². The topological polar surface area (TPSA) is 41.0 Å². The van der Waals surface area contributed by atoms with E-state index in [0.717, 1.165) is 25.3 Å². The van der Waals surface area contributed by atoms with Gasteiger partial charge in [-0.3, -0.25) is 0 Å². The molecule has 0 saturated carbocycles. The standard InChI is InChI=1S/C9H14N4/c1-8-4-10-2-3-13(8)9-5-11-7-12-6-9/h5-8,10H,2-4H2,1H3. The van der Waals surface area contributed by atoms with Gasteiger partial charge in [-0.05, 0) is 6.92 Å². The Morgan fingerprint density at radius 1 is 1.46 bits per heavy atom. The van der Waals surface area contributed by atoms with E-state index in [2.05, 4.69) is 27.1 Å². The molecule has 2 heterocycles. The molecule has 0 spiro atoms. The summed E-state index contributed by atoms with van der Waals surface area (Å²) in [6.45, 7) is 5.32. The van der Waals surface area contributed by atoms with Crippen LogP contribution in [0.15, 0.2) is 18.7 Å². The van der Waals surface area contributed by atoms with Crippen molar-refractivity contribution in [1.82, 2.24) is 15.3 Å². The van der Waals surface area contributed by atoms with Crippen molar-refractivity contribution < 1.29 is 0 Å². The van der Waals surface area contributed by atoms with E-state index in [1.807, 2.05) is 12.4 Å². The van der Waals surface area contributed by atoms with Crippen LogP contribution in [-0.4, -0.2) is 35.6 Å². The Bertz CT molecular complexity index is 262. The molecule has 0 radical (unpaired) electrons. The summed E-state index contributed by atoms with van der Waals surface area (Å²) in [4.78, 5) is 10.4. The van der Waals surface area contributed by atoms with Crippen LogP contribution in [0.1, 0.15) is 6.92 Å². The highest BCUT2D eigenvalue weighted by atomic mass is 15.2. The Morgan fingerprint density at radius 2 is 2.23 bits per heavy atom. The number of piperazine rings is 1. The highest BCUT2D eigenvalue weighted by Gasteiger charge is 2.17. The van der Waals surface area contributed by atoms with Crippen molar-refractivity contribution >= 4 is 5.69 Å². The number of hydrogen-bond acceptors (Lipinski definition) is 4. The molecule has 0 bridgehead atoms. The van der Waals surface area contributed by atoms with Gasteiger partial charge in [0, 0.05) is 25.7 Å². The molecule has 1 aliphatic rings. The Hall–Kier alpha value is -1.16. The van der Waals surface area contributed by atoms with E-state index in [0.29, 0.717) is 6.04 Å². The zero-order valence-electron chi connectivity index (χ0n) is 7.77. The maximum absolute atomic E-state index is 4.02. The van der Waals surface area contributed by atoms with Crippen molar-refractivity contribution in [3.63, 3.8) is 0 Å². The fraction of sp³-hybridized carbons (Fsp3) is 0.556. The number of anilines is 1. The molecule has 1 aliphatic heterocycles. The summed E-state index contributed by atoms with van der Waals surface area (Å²) in [7, 11) is 0. The molecular formula is C9H14N4. The van der Waals surface area contributed by atoms with Crippen molar-refractivity contribution in [2.24, 2.45) is 0 Å². The second-order valence-electron chi connectivity index (χ2n) is 3.34. The van der Waals surface area contributed by atoms with Crippen LogP contribution in [-0.2, 0) is 0 Å². The van der Waals surface area contributed by atoms with Crippen LogP contribution in [0.25, 0.3) is 0 Å². The highest BCUT2D eigenvalue weighted by Crippen LogP contribution is 2.14. The first-order valence-electron chi connectivity index (χ1n) is 4.60. The molecule has 13 heavy (non-hydrogen) atoms. The first kappa shape index (κ1) is 8.44.